The average Bonchev–Trinajstić information content (AvgIpc) is 2.89. The zero-order chi connectivity index (χ0) is 13.1. The van der Waals surface area contributed by atoms with Crippen molar-refractivity contribution in [3.63, 3.8) is 0 Å². The number of rotatable bonds is 3. The molecule has 0 N–H and O–H groups in total. The van der Waals surface area contributed by atoms with Crippen LogP contribution in [0.15, 0.2) is 52.9 Å². The highest BCUT2D eigenvalue weighted by molar-refractivity contribution is 5.77. The minimum absolute atomic E-state index is 0.241. The van der Waals surface area contributed by atoms with E-state index in [2.05, 4.69) is 10.9 Å². The Balaban J connectivity index is 2.00. The van der Waals surface area contributed by atoms with Crippen LogP contribution < -0.4 is 4.74 Å². The number of benzene rings is 2. The summed E-state index contributed by atoms with van der Waals surface area (Å²) in [6.45, 7) is 0.241. The monoisotopic (exact) mass is 249 g/mol. The lowest BCUT2D eigenvalue weighted by molar-refractivity contribution is 0.370. The van der Waals surface area contributed by atoms with Crippen LogP contribution in [0.2, 0.25) is 0 Å². The lowest BCUT2D eigenvalue weighted by Gasteiger charge is -1.99. The molecule has 0 saturated carbocycles. The fourth-order valence-electron chi connectivity index (χ4n) is 1.82. The summed E-state index contributed by atoms with van der Waals surface area (Å²) in [4.78, 5) is 4.44. The Morgan fingerprint density at radius 2 is 2.00 bits per heavy atom. The SMILES string of the molecule is C#CCOc1ccc2nc(-c3ccccc3)oc2c1. The number of aromatic nitrogens is 1. The van der Waals surface area contributed by atoms with Gasteiger partial charge >= 0.3 is 0 Å². The van der Waals surface area contributed by atoms with E-state index in [1.807, 2.05) is 42.5 Å². The van der Waals surface area contributed by atoms with Gasteiger partial charge in [0.1, 0.15) is 17.9 Å². The van der Waals surface area contributed by atoms with Crippen molar-refractivity contribution in [1.29, 1.82) is 0 Å². The van der Waals surface area contributed by atoms with Gasteiger partial charge in [-0.2, -0.15) is 0 Å². The molecule has 2 aromatic carbocycles. The minimum atomic E-state index is 0.241. The smallest absolute Gasteiger partial charge is 0.227 e. The lowest BCUT2D eigenvalue weighted by atomic mass is 10.2. The predicted octanol–water partition coefficient (Wildman–Crippen LogP) is 3.51. The normalized spacial score (nSPS) is 10.3. The third kappa shape index (κ3) is 2.29. The number of hydrogen-bond donors (Lipinski definition) is 0. The first-order chi connectivity index (χ1) is 9.36. The van der Waals surface area contributed by atoms with E-state index in [1.54, 1.807) is 6.07 Å². The van der Waals surface area contributed by atoms with E-state index in [9.17, 15) is 0 Å². The summed E-state index contributed by atoms with van der Waals surface area (Å²) >= 11 is 0. The lowest BCUT2D eigenvalue weighted by Crippen LogP contribution is -1.92. The molecule has 0 aliphatic rings. The quantitative estimate of drug-likeness (QED) is 0.666. The maximum Gasteiger partial charge on any atom is 0.227 e. The molecule has 92 valence electrons. The second-order valence-corrected chi connectivity index (χ2v) is 4.01. The molecule has 19 heavy (non-hydrogen) atoms. The third-order valence-electron chi connectivity index (χ3n) is 2.70. The Morgan fingerprint density at radius 1 is 1.16 bits per heavy atom. The molecule has 0 saturated heterocycles. The number of ether oxygens (including phenoxy) is 1. The molecule has 0 bridgehead atoms. The Labute approximate surface area is 110 Å². The zero-order valence-corrected chi connectivity index (χ0v) is 10.2. The van der Waals surface area contributed by atoms with Crippen LogP contribution in [0.25, 0.3) is 22.6 Å². The van der Waals surface area contributed by atoms with Crippen molar-refractivity contribution < 1.29 is 9.15 Å². The molecule has 0 unspecified atom stereocenters. The van der Waals surface area contributed by atoms with Crippen LogP contribution >= 0.6 is 0 Å². The minimum Gasteiger partial charge on any atom is -0.481 e. The van der Waals surface area contributed by atoms with Gasteiger partial charge < -0.3 is 9.15 Å². The van der Waals surface area contributed by atoms with E-state index in [1.165, 1.54) is 0 Å². The van der Waals surface area contributed by atoms with Crippen molar-refractivity contribution in [3.05, 3.63) is 48.5 Å². The van der Waals surface area contributed by atoms with Gasteiger partial charge in [0.2, 0.25) is 5.89 Å². The van der Waals surface area contributed by atoms with Crippen LogP contribution in [-0.2, 0) is 0 Å². The van der Waals surface area contributed by atoms with Crippen molar-refractivity contribution >= 4 is 11.1 Å². The number of fused-ring (bicyclic) bond motifs is 1. The molecule has 3 aromatic rings. The molecule has 1 aromatic heterocycles. The van der Waals surface area contributed by atoms with Crippen molar-refractivity contribution in [2.24, 2.45) is 0 Å². The molecule has 0 radical (unpaired) electrons. The van der Waals surface area contributed by atoms with Gasteiger partial charge in [0.15, 0.2) is 5.58 Å². The van der Waals surface area contributed by atoms with Crippen molar-refractivity contribution in [3.8, 4) is 29.5 Å². The topological polar surface area (TPSA) is 35.3 Å². The van der Waals surface area contributed by atoms with Crippen LogP contribution in [0, 0.1) is 12.3 Å². The standard InChI is InChI=1S/C16H11NO2/c1-2-10-18-13-8-9-14-15(11-13)19-16(17-14)12-6-4-3-5-7-12/h1,3-9,11H,10H2. The molecule has 3 heteroatoms. The van der Waals surface area contributed by atoms with Gasteiger partial charge in [-0.1, -0.05) is 24.1 Å². The highest BCUT2D eigenvalue weighted by atomic mass is 16.5. The van der Waals surface area contributed by atoms with Crippen LogP contribution in [0.1, 0.15) is 0 Å². The molecule has 0 fully saturated rings. The number of terminal acetylenes is 1. The Kier molecular flexibility index (Phi) is 2.91. The highest BCUT2D eigenvalue weighted by Gasteiger charge is 2.08. The molecule has 0 aliphatic heterocycles. The summed E-state index contributed by atoms with van der Waals surface area (Å²) < 4.78 is 11.1. The number of nitrogens with zero attached hydrogens (tertiary/aromatic N) is 1. The summed E-state index contributed by atoms with van der Waals surface area (Å²) in [5.74, 6) is 3.71. The van der Waals surface area contributed by atoms with Gasteiger partial charge in [-0.15, -0.1) is 6.42 Å². The third-order valence-corrected chi connectivity index (χ3v) is 2.70. The Hall–Kier alpha value is -2.73. The molecule has 0 aliphatic carbocycles. The maximum atomic E-state index is 5.73. The van der Waals surface area contributed by atoms with Gasteiger partial charge in [-0.3, -0.25) is 0 Å². The van der Waals surface area contributed by atoms with Crippen molar-refractivity contribution in [2.45, 2.75) is 0 Å². The second-order valence-electron chi connectivity index (χ2n) is 4.01. The molecule has 0 atom stereocenters. The van der Waals surface area contributed by atoms with Gasteiger partial charge in [0, 0.05) is 11.6 Å². The molecular formula is C16H11NO2. The van der Waals surface area contributed by atoms with Gasteiger partial charge in [0.25, 0.3) is 0 Å². The first-order valence-electron chi connectivity index (χ1n) is 5.89. The Bertz CT molecular complexity index is 738. The maximum absolute atomic E-state index is 5.73. The predicted molar refractivity (Wildman–Crippen MR) is 73.8 cm³/mol. The fraction of sp³-hybridized carbons (Fsp3) is 0.0625. The molecule has 3 rings (SSSR count). The van der Waals surface area contributed by atoms with Crippen molar-refractivity contribution in [2.75, 3.05) is 6.61 Å². The number of oxazole rings is 1. The van der Waals surface area contributed by atoms with Gasteiger partial charge in [-0.05, 0) is 24.3 Å². The molecule has 0 amide bonds. The van der Waals surface area contributed by atoms with Crippen molar-refractivity contribution in [1.82, 2.24) is 4.98 Å². The van der Waals surface area contributed by atoms with E-state index in [0.717, 1.165) is 11.1 Å². The van der Waals surface area contributed by atoms with Crippen LogP contribution in [0.3, 0.4) is 0 Å². The molecular weight excluding hydrogens is 238 g/mol. The summed E-state index contributed by atoms with van der Waals surface area (Å²) in [6.07, 6.45) is 5.16. The second kappa shape index (κ2) is 4.87. The summed E-state index contributed by atoms with van der Waals surface area (Å²) in [5, 5.41) is 0. The van der Waals surface area contributed by atoms with Crippen LogP contribution in [0.5, 0.6) is 5.75 Å². The average molecular weight is 249 g/mol. The van der Waals surface area contributed by atoms with Gasteiger partial charge in [-0.25, -0.2) is 4.98 Å². The molecule has 0 spiro atoms. The summed E-state index contributed by atoms with van der Waals surface area (Å²) in [6, 6.07) is 15.3. The van der Waals surface area contributed by atoms with E-state index < -0.39 is 0 Å². The zero-order valence-electron chi connectivity index (χ0n) is 10.2. The summed E-state index contributed by atoms with van der Waals surface area (Å²) in [5.41, 5.74) is 2.44. The number of hydrogen-bond acceptors (Lipinski definition) is 3. The highest BCUT2D eigenvalue weighted by Crippen LogP contribution is 2.26. The van der Waals surface area contributed by atoms with Crippen LogP contribution in [0.4, 0.5) is 0 Å². The van der Waals surface area contributed by atoms with Crippen LogP contribution in [-0.4, -0.2) is 11.6 Å². The van der Waals surface area contributed by atoms with E-state index in [0.29, 0.717) is 17.2 Å². The van der Waals surface area contributed by atoms with Gasteiger partial charge in [0.05, 0.1) is 0 Å². The summed E-state index contributed by atoms with van der Waals surface area (Å²) in [7, 11) is 0. The molecule has 1 heterocycles. The molecule has 3 nitrogen and oxygen atoms in total. The Morgan fingerprint density at radius 3 is 2.79 bits per heavy atom. The van der Waals surface area contributed by atoms with E-state index in [4.69, 9.17) is 15.6 Å². The first-order valence-corrected chi connectivity index (χ1v) is 5.89. The van der Waals surface area contributed by atoms with E-state index in [-0.39, 0.29) is 6.61 Å². The fourth-order valence-corrected chi connectivity index (χ4v) is 1.82. The largest absolute Gasteiger partial charge is 0.481 e. The first kappa shape index (κ1) is 11.4. The van der Waals surface area contributed by atoms with E-state index >= 15 is 0 Å².